The van der Waals surface area contributed by atoms with Crippen molar-refractivity contribution in [3.05, 3.63) is 70.6 Å². The van der Waals surface area contributed by atoms with E-state index in [0.717, 1.165) is 5.56 Å². The van der Waals surface area contributed by atoms with Gasteiger partial charge in [-0.25, -0.2) is 9.18 Å². The van der Waals surface area contributed by atoms with E-state index in [1.165, 1.54) is 18.2 Å². The Hall–Kier alpha value is -3.13. The lowest BCUT2D eigenvalue weighted by molar-refractivity contribution is 0.0493. The number of hydrogen-bond donors (Lipinski definition) is 1. The lowest BCUT2D eigenvalue weighted by atomic mass is 10.1. The Morgan fingerprint density at radius 2 is 1.87 bits per heavy atom. The standard InChI is InChI=1S/C22H23ClFN3O4/c1-13-25-20(31-27-13)19(26-21(28)30-22(2,3)4)11-14-5-7-15(8-6-14)29-16-9-10-18(24)17(23)12-16/h5-10,12,19H,11H2,1-4H3,(H,26,28)/t19-/m1/s1. The van der Waals surface area contributed by atoms with Crippen LogP contribution in [0.5, 0.6) is 11.5 Å². The van der Waals surface area contributed by atoms with Gasteiger partial charge in [-0.3, -0.25) is 0 Å². The molecule has 0 spiro atoms. The summed E-state index contributed by atoms with van der Waals surface area (Å²) in [5.74, 6) is 1.21. The first kappa shape index (κ1) is 22.6. The van der Waals surface area contributed by atoms with Crippen molar-refractivity contribution in [2.75, 3.05) is 0 Å². The van der Waals surface area contributed by atoms with Gasteiger partial charge in [-0.05, 0) is 57.5 Å². The molecule has 0 aliphatic heterocycles. The molecule has 1 aromatic heterocycles. The Kier molecular flexibility index (Phi) is 6.80. The molecule has 0 unspecified atom stereocenters. The summed E-state index contributed by atoms with van der Waals surface area (Å²) < 4.78 is 29.6. The van der Waals surface area contributed by atoms with Gasteiger partial charge >= 0.3 is 6.09 Å². The van der Waals surface area contributed by atoms with Crippen LogP contribution in [0.3, 0.4) is 0 Å². The van der Waals surface area contributed by atoms with E-state index in [1.807, 2.05) is 12.1 Å². The van der Waals surface area contributed by atoms with Crippen LogP contribution in [-0.2, 0) is 11.2 Å². The van der Waals surface area contributed by atoms with E-state index in [1.54, 1.807) is 39.8 Å². The molecule has 0 saturated carbocycles. The van der Waals surface area contributed by atoms with E-state index in [-0.39, 0.29) is 10.9 Å². The van der Waals surface area contributed by atoms with Crippen LogP contribution in [-0.4, -0.2) is 21.8 Å². The van der Waals surface area contributed by atoms with Gasteiger partial charge in [-0.15, -0.1) is 0 Å². The molecule has 0 bridgehead atoms. The smallest absolute Gasteiger partial charge is 0.408 e. The Labute approximate surface area is 184 Å². The normalized spacial score (nSPS) is 12.3. The number of halogens is 2. The number of nitrogens with one attached hydrogen (secondary N) is 1. The van der Waals surface area contributed by atoms with Gasteiger partial charge in [0.2, 0.25) is 5.89 Å². The average molecular weight is 448 g/mol. The van der Waals surface area contributed by atoms with E-state index in [9.17, 15) is 9.18 Å². The van der Waals surface area contributed by atoms with Crippen LogP contribution in [0.4, 0.5) is 9.18 Å². The minimum Gasteiger partial charge on any atom is -0.457 e. The van der Waals surface area contributed by atoms with E-state index >= 15 is 0 Å². The van der Waals surface area contributed by atoms with Gasteiger partial charge in [0.05, 0.1) is 5.02 Å². The predicted octanol–water partition coefficient (Wildman–Crippen LogP) is 5.77. The fourth-order valence-electron chi connectivity index (χ4n) is 2.71. The number of carbonyl (C=O) groups excluding carboxylic acids is 1. The van der Waals surface area contributed by atoms with Gasteiger partial charge in [0.15, 0.2) is 5.82 Å². The first-order chi connectivity index (χ1) is 14.6. The third-order valence-electron chi connectivity index (χ3n) is 4.02. The number of nitrogens with zero attached hydrogens (tertiary/aromatic N) is 2. The van der Waals surface area contributed by atoms with Gasteiger partial charge in [0, 0.05) is 12.5 Å². The number of aryl methyl sites for hydroxylation is 1. The fraction of sp³-hybridized carbons (Fsp3) is 0.318. The number of hydrogen-bond acceptors (Lipinski definition) is 6. The SMILES string of the molecule is Cc1noc([C@@H](Cc2ccc(Oc3ccc(F)c(Cl)c3)cc2)NC(=O)OC(C)(C)C)n1. The molecular formula is C22H23ClFN3O4. The van der Waals surface area contributed by atoms with E-state index < -0.39 is 23.6 Å². The molecule has 0 aliphatic rings. The predicted molar refractivity (Wildman–Crippen MR) is 113 cm³/mol. The molecule has 2 aromatic carbocycles. The van der Waals surface area contributed by atoms with Crippen LogP contribution in [0.1, 0.15) is 44.1 Å². The Bertz CT molecular complexity index is 1050. The Morgan fingerprint density at radius 1 is 1.19 bits per heavy atom. The molecule has 9 heteroatoms. The maximum absolute atomic E-state index is 13.3. The van der Waals surface area contributed by atoms with Gasteiger partial charge < -0.3 is 19.3 Å². The van der Waals surface area contributed by atoms with Crippen LogP contribution >= 0.6 is 11.6 Å². The Morgan fingerprint density at radius 3 is 2.45 bits per heavy atom. The van der Waals surface area contributed by atoms with Crippen molar-refractivity contribution in [3.8, 4) is 11.5 Å². The largest absolute Gasteiger partial charge is 0.457 e. The van der Waals surface area contributed by atoms with Crippen LogP contribution in [0, 0.1) is 12.7 Å². The maximum Gasteiger partial charge on any atom is 0.408 e. The zero-order valence-corrected chi connectivity index (χ0v) is 18.4. The number of benzene rings is 2. The second-order valence-corrected chi connectivity index (χ2v) is 8.31. The second kappa shape index (κ2) is 9.34. The fourth-order valence-corrected chi connectivity index (χ4v) is 2.88. The van der Waals surface area contributed by atoms with E-state index in [2.05, 4.69) is 15.5 Å². The molecule has 0 saturated heterocycles. The van der Waals surface area contributed by atoms with Crippen molar-refractivity contribution in [2.24, 2.45) is 0 Å². The van der Waals surface area contributed by atoms with Gasteiger partial charge in [-0.1, -0.05) is 28.9 Å². The number of amides is 1. The molecule has 1 atom stereocenters. The highest BCUT2D eigenvalue weighted by Crippen LogP contribution is 2.27. The van der Waals surface area contributed by atoms with Crippen LogP contribution in [0.25, 0.3) is 0 Å². The van der Waals surface area contributed by atoms with Crippen molar-refractivity contribution >= 4 is 17.7 Å². The summed E-state index contributed by atoms with van der Waals surface area (Å²) >= 11 is 5.78. The molecule has 0 fully saturated rings. The van der Waals surface area contributed by atoms with Gasteiger partial charge in [0.25, 0.3) is 0 Å². The van der Waals surface area contributed by atoms with E-state index in [4.69, 9.17) is 25.6 Å². The summed E-state index contributed by atoms with van der Waals surface area (Å²) in [6.45, 7) is 7.05. The maximum atomic E-state index is 13.3. The topological polar surface area (TPSA) is 86.5 Å². The summed E-state index contributed by atoms with van der Waals surface area (Å²) in [5.41, 5.74) is 0.253. The second-order valence-electron chi connectivity index (χ2n) is 7.90. The monoisotopic (exact) mass is 447 g/mol. The molecule has 7 nitrogen and oxygen atoms in total. The highest BCUT2D eigenvalue weighted by molar-refractivity contribution is 6.30. The minimum absolute atomic E-state index is 0.0139. The number of carbonyl (C=O) groups is 1. The summed E-state index contributed by atoms with van der Waals surface area (Å²) in [6.07, 6.45) is -0.190. The number of alkyl carbamates (subject to hydrolysis) is 1. The summed E-state index contributed by atoms with van der Waals surface area (Å²) in [6, 6.07) is 10.8. The first-order valence-corrected chi connectivity index (χ1v) is 9.98. The lowest BCUT2D eigenvalue weighted by Gasteiger charge is -2.22. The number of rotatable bonds is 6. The average Bonchev–Trinajstić information content (AvgIpc) is 3.10. The number of ether oxygens (including phenoxy) is 2. The third kappa shape index (κ3) is 6.68. The molecule has 0 radical (unpaired) electrons. The summed E-state index contributed by atoms with van der Waals surface area (Å²) in [4.78, 5) is 16.5. The lowest BCUT2D eigenvalue weighted by Crippen LogP contribution is -2.36. The quantitative estimate of drug-likeness (QED) is 0.516. The first-order valence-electron chi connectivity index (χ1n) is 9.60. The van der Waals surface area contributed by atoms with Crippen molar-refractivity contribution in [1.82, 2.24) is 15.5 Å². The van der Waals surface area contributed by atoms with Crippen molar-refractivity contribution in [2.45, 2.75) is 45.8 Å². The summed E-state index contributed by atoms with van der Waals surface area (Å²) in [5, 5.41) is 6.56. The van der Waals surface area contributed by atoms with Crippen LogP contribution < -0.4 is 10.1 Å². The molecule has 3 rings (SSSR count). The highest BCUT2D eigenvalue weighted by atomic mass is 35.5. The zero-order chi connectivity index (χ0) is 22.6. The minimum atomic E-state index is -0.637. The zero-order valence-electron chi connectivity index (χ0n) is 17.6. The molecule has 31 heavy (non-hydrogen) atoms. The molecule has 164 valence electrons. The van der Waals surface area contributed by atoms with Gasteiger partial charge in [-0.2, -0.15) is 4.98 Å². The Balaban J connectivity index is 1.71. The van der Waals surface area contributed by atoms with E-state index in [0.29, 0.717) is 23.7 Å². The highest BCUT2D eigenvalue weighted by Gasteiger charge is 2.24. The molecule has 0 aliphatic carbocycles. The number of aromatic nitrogens is 2. The summed E-state index contributed by atoms with van der Waals surface area (Å²) in [7, 11) is 0. The van der Waals surface area contributed by atoms with Crippen LogP contribution in [0.15, 0.2) is 47.0 Å². The van der Waals surface area contributed by atoms with Crippen molar-refractivity contribution in [3.63, 3.8) is 0 Å². The molecule has 1 N–H and O–H groups in total. The van der Waals surface area contributed by atoms with Gasteiger partial charge in [0.1, 0.15) is 29.0 Å². The molecule has 1 amide bonds. The molecule has 1 heterocycles. The molecular weight excluding hydrogens is 425 g/mol. The van der Waals surface area contributed by atoms with Crippen LogP contribution in [0.2, 0.25) is 5.02 Å². The molecule has 3 aromatic rings. The van der Waals surface area contributed by atoms with Crippen molar-refractivity contribution in [1.29, 1.82) is 0 Å². The third-order valence-corrected chi connectivity index (χ3v) is 4.31. The van der Waals surface area contributed by atoms with Crippen molar-refractivity contribution < 1.29 is 23.2 Å².